The lowest BCUT2D eigenvalue weighted by Gasteiger charge is -2.32. The van der Waals surface area contributed by atoms with Crippen molar-refractivity contribution in [1.82, 2.24) is 10.2 Å². The van der Waals surface area contributed by atoms with Gasteiger partial charge in [0.1, 0.15) is 0 Å². The molecule has 0 aromatic heterocycles. The number of rotatable bonds is 6. The first-order chi connectivity index (χ1) is 9.99. The van der Waals surface area contributed by atoms with Crippen LogP contribution in [0.15, 0.2) is 0 Å². The van der Waals surface area contributed by atoms with Gasteiger partial charge in [0.15, 0.2) is 0 Å². The zero-order valence-electron chi connectivity index (χ0n) is 13.1. The normalized spacial score (nSPS) is 23.1. The zero-order valence-corrected chi connectivity index (χ0v) is 13.1. The molecule has 0 unspecified atom stereocenters. The molecule has 120 valence electrons. The van der Waals surface area contributed by atoms with Gasteiger partial charge in [-0.2, -0.15) is 0 Å². The minimum absolute atomic E-state index is 0.137. The fraction of sp³-hybridized carbons (Fsp3) is 0.875. The average molecular weight is 296 g/mol. The number of carboxylic acids is 1. The number of likely N-dealkylation sites (tertiary alicyclic amines) is 1. The van der Waals surface area contributed by atoms with E-state index in [1.807, 2.05) is 0 Å². The van der Waals surface area contributed by atoms with E-state index < -0.39 is 5.97 Å². The number of hydrogen-bond donors (Lipinski definition) is 2. The molecule has 0 aromatic rings. The first-order valence-electron chi connectivity index (χ1n) is 8.22. The van der Waals surface area contributed by atoms with Crippen LogP contribution in [0.2, 0.25) is 0 Å². The molecule has 0 aromatic carbocycles. The van der Waals surface area contributed by atoms with Gasteiger partial charge in [0.2, 0.25) is 5.91 Å². The predicted molar refractivity (Wildman–Crippen MR) is 81.0 cm³/mol. The summed E-state index contributed by atoms with van der Waals surface area (Å²) in [6, 6.07) is 0. The molecule has 2 aliphatic rings. The molecule has 1 aliphatic heterocycles. The van der Waals surface area contributed by atoms with Crippen LogP contribution in [0.4, 0.5) is 0 Å². The fourth-order valence-electron chi connectivity index (χ4n) is 3.50. The van der Waals surface area contributed by atoms with Crippen LogP contribution < -0.4 is 5.32 Å². The SMILES string of the molecule is CC1(C(=O)NCC2CCN(CCC(=O)O)CC2)CCCC1. The Morgan fingerprint density at radius 1 is 1.24 bits per heavy atom. The second-order valence-electron chi connectivity index (χ2n) is 6.91. The molecule has 2 rings (SSSR count). The van der Waals surface area contributed by atoms with Crippen molar-refractivity contribution in [2.75, 3.05) is 26.2 Å². The van der Waals surface area contributed by atoms with Crippen molar-refractivity contribution in [3.8, 4) is 0 Å². The summed E-state index contributed by atoms with van der Waals surface area (Å²) in [6.07, 6.45) is 6.71. The molecule has 5 nitrogen and oxygen atoms in total. The van der Waals surface area contributed by atoms with Gasteiger partial charge in [-0.15, -0.1) is 0 Å². The van der Waals surface area contributed by atoms with Crippen molar-refractivity contribution in [2.24, 2.45) is 11.3 Å². The summed E-state index contributed by atoms with van der Waals surface area (Å²) in [5, 5.41) is 11.8. The Kier molecular flexibility index (Phi) is 5.62. The number of carbonyl (C=O) groups is 2. The van der Waals surface area contributed by atoms with Crippen LogP contribution in [0.5, 0.6) is 0 Å². The molecule has 0 radical (unpaired) electrons. The topological polar surface area (TPSA) is 69.6 Å². The summed E-state index contributed by atoms with van der Waals surface area (Å²) in [7, 11) is 0. The van der Waals surface area contributed by atoms with Crippen LogP contribution in [0.3, 0.4) is 0 Å². The van der Waals surface area contributed by atoms with E-state index in [2.05, 4.69) is 17.1 Å². The van der Waals surface area contributed by atoms with Gasteiger partial charge in [-0.1, -0.05) is 19.8 Å². The maximum absolute atomic E-state index is 12.3. The lowest BCUT2D eigenvalue weighted by atomic mass is 9.87. The van der Waals surface area contributed by atoms with Gasteiger partial charge in [0.05, 0.1) is 6.42 Å². The number of nitrogens with one attached hydrogen (secondary N) is 1. The van der Waals surface area contributed by atoms with Gasteiger partial charge < -0.3 is 15.3 Å². The van der Waals surface area contributed by atoms with Gasteiger partial charge >= 0.3 is 5.97 Å². The van der Waals surface area contributed by atoms with Crippen molar-refractivity contribution in [3.63, 3.8) is 0 Å². The molecular weight excluding hydrogens is 268 g/mol. The highest BCUT2D eigenvalue weighted by Crippen LogP contribution is 2.37. The molecule has 1 amide bonds. The quantitative estimate of drug-likeness (QED) is 0.785. The van der Waals surface area contributed by atoms with E-state index in [1.165, 1.54) is 12.8 Å². The highest BCUT2D eigenvalue weighted by atomic mass is 16.4. The Morgan fingerprint density at radius 2 is 1.86 bits per heavy atom. The monoisotopic (exact) mass is 296 g/mol. The number of nitrogens with zero attached hydrogens (tertiary/aromatic N) is 1. The second kappa shape index (κ2) is 7.25. The minimum Gasteiger partial charge on any atom is -0.481 e. The molecule has 1 heterocycles. The number of hydrogen-bond acceptors (Lipinski definition) is 3. The number of aliphatic carboxylic acids is 1. The highest BCUT2D eigenvalue weighted by molar-refractivity contribution is 5.82. The Labute approximate surface area is 127 Å². The summed E-state index contributed by atoms with van der Waals surface area (Å²) >= 11 is 0. The fourth-order valence-corrected chi connectivity index (χ4v) is 3.50. The van der Waals surface area contributed by atoms with Crippen molar-refractivity contribution in [3.05, 3.63) is 0 Å². The number of amides is 1. The van der Waals surface area contributed by atoms with Crippen molar-refractivity contribution >= 4 is 11.9 Å². The lowest BCUT2D eigenvalue weighted by Crippen LogP contribution is -2.43. The molecular formula is C16H28N2O3. The number of carbonyl (C=O) groups excluding carboxylic acids is 1. The lowest BCUT2D eigenvalue weighted by molar-refractivity contribution is -0.137. The molecule has 2 fully saturated rings. The van der Waals surface area contributed by atoms with E-state index in [4.69, 9.17) is 5.11 Å². The first-order valence-corrected chi connectivity index (χ1v) is 8.22. The third-order valence-corrected chi connectivity index (χ3v) is 5.16. The van der Waals surface area contributed by atoms with Crippen LogP contribution in [-0.4, -0.2) is 48.1 Å². The molecule has 0 bridgehead atoms. The van der Waals surface area contributed by atoms with Crippen LogP contribution in [0, 0.1) is 11.3 Å². The van der Waals surface area contributed by atoms with Crippen molar-refractivity contribution < 1.29 is 14.7 Å². The summed E-state index contributed by atoms with van der Waals surface area (Å²) in [6.45, 7) is 5.41. The van der Waals surface area contributed by atoms with Crippen LogP contribution in [0.1, 0.15) is 51.9 Å². The predicted octanol–water partition coefficient (Wildman–Crippen LogP) is 1.87. The van der Waals surface area contributed by atoms with Gasteiger partial charge in [0, 0.05) is 18.5 Å². The largest absolute Gasteiger partial charge is 0.481 e. The Morgan fingerprint density at radius 3 is 2.43 bits per heavy atom. The molecule has 1 aliphatic carbocycles. The Balaban J connectivity index is 1.64. The van der Waals surface area contributed by atoms with E-state index in [1.54, 1.807) is 0 Å². The van der Waals surface area contributed by atoms with E-state index in [0.29, 0.717) is 12.5 Å². The van der Waals surface area contributed by atoms with Crippen molar-refractivity contribution in [2.45, 2.75) is 51.9 Å². The Bertz CT molecular complexity index is 370. The molecule has 21 heavy (non-hydrogen) atoms. The van der Waals surface area contributed by atoms with E-state index in [9.17, 15) is 9.59 Å². The summed E-state index contributed by atoms with van der Waals surface area (Å²) in [4.78, 5) is 25.0. The van der Waals surface area contributed by atoms with E-state index >= 15 is 0 Å². The first kappa shape index (κ1) is 16.3. The third-order valence-electron chi connectivity index (χ3n) is 5.16. The van der Waals surface area contributed by atoms with Gasteiger partial charge in [-0.3, -0.25) is 9.59 Å². The van der Waals surface area contributed by atoms with Crippen LogP contribution in [-0.2, 0) is 9.59 Å². The summed E-state index contributed by atoms with van der Waals surface area (Å²) < 4.78 is 0. The average Bonchev–Trinajstić information content (AvgIpc) is 2.92. The molecule has 0 spiro atoms. The molecule has 1 saturated heterocycles. The zero-order chi connectivity index (χ0) is 15.3. The molecule has 0 atom stereocenters. The standard InChI is InChI=1S/C16H28N2O3/c1-16(7-2-3-8-16)15(21)17-12-13-4-9-18(10-5-13)11-6-14(19)20/h13H,2-12H2,1H3,(H,17,21)(H,19,20). The molecule has 1 saturated carbocycles. The maximum atomic E-state index is 12.3. The highest BCUT2D eigenvalue weighted by Gasteiger charge is 2.36. The van der Waals surface area contributed by atoms with Gasteiger partial charge in [-0.05, 0) is 44.7 Å². The Hall–Kier alpha value is -1.10. The van der Waals surface area contributed by atoms with Crippen LogP contribution >= 0.6 is 0 Å². The van der Waals surface area contributed by atoms with Crippen LogP contribution in [0.25, 0.3) is 0 Å². The molecule has 2 N–H and O–H groups in total. The van der Waals surface area contributed by atoms with E-state index in [-0.39, 0.29) is 17.7 Å². The number of piperidine rings is 1. The third kappa shape index (κ3) is 4.70. The minimum atomic E-state index is -0.728. The van der Waals surface area contributed by atoms with Gasteiger partial charge in [0.25, 0.3) is 0 Å². The van der Waals surface area contributed by atoms with Gasteiger partial charge in [-0.25, -0.2) is 0 Å². The van der Waals surface area contributed by atoms with Crippen molar-refractivity contribution in [1.29, 1.82) is 0 Å². The smallest absolute Gasteiger partial charge is 0.304 e. The summed E-state index contributed by atoms with van der Waals surface area (Å²) in [5.74, 6) is 0.0440. The molecule has 5 heteroatoms. The number of carboxylic acid groups (broad SMARTS) is 1. The maximum Gasteiger partial charge on any atom is 0.304 e. The second-order valence-corrected chi connectivity index (χ2v) is 6.91. The summed E-state index contributed by atoms with van der Waals surface area (Å²) in [5.41, 5.74) is -0.137. The van der Waals surface area contributed by atoms with E-state index in [0.717, 1.165) is 45.3 Å².